The summed E-state index contributed by atoms with van der Waals surface area (Å²) in [5, 5.41) is 23.7. The average molecular weight is 239 g/mol. The van der Waals surface area contributed by atoms with Crippen LogP contribution < -0.4 is 5.32 Å². The van der Waals surface area contributed by atoms with E-state index in [9.17, 15) is 25.0 Å². The van der Waals surface area contributed by atoms with E-state index in [2.05, 4.69) is 5.32 Å². The van der Waals surface area contributed by atoms with Crippen LogP contribution in [0.15, 0.2) is 12.1 Å². The van der Waals surface area contributed by atoms with Gasteiger partial charge in [-0.1, -0.05) is 0 Å². The van der Waals surface area contributed by atoms with Crippen molar-refractivity contribution >= 4 is 23.0 Å². The summed E-state index contributed by atoms with van der Waals surface area (Å²) in [6, 6.07) is 2.38. The van der Waals surface area contributed by atoms with E-state index in [0.717, 1.165) is 13.0 Å². The van der Waals surface area contributed by atoms with E-state index in [1.165, 1.54) is 13.0 Å². The summed E-state index contributed by atoms with van der Waals surface area (Å²) >= 11 is 0. The maximum Gasteiger partial charge on any atom is 0.302 e. The zero-order chi connectivity index (χ0) is 13.2. The summed E-state index contributed by atoms with van der Waals surface area (Å²) in [6.07, 6.45) is 0. The van der Waals surface area contributed by atoms with Gasteiger partial charge >= 0.3 is 5.69 Å². The molecule has 1 rings (SSSR count). The van der Waals surface area contributed by atoms with Gasteiger partial charge in [-0.3, -0.25) is 25.0 Å². The van der Waals surface area contributed by atoms with Crippen molar-refractivity contribution in [3.8, 4) is 0 Å². The fourth-order valence-corrected chi connectivity index (χ4v) is 1.37. The molecule has 1 aromatic rings. The number of carbonyl (C=O) groups excluding carboxylic acids is 1. The molecule has 90 valence electrons. The van der Waals surface area contributed by atoms with E-state index < -0.39 is 27.1 Å². The lowest BCUT2D eigenvalue weighted by molar-refractivity contribution is -0.392. The lowest BCUT2D eigenvalue weighted by Crippen LogP contribution is -2.11. The SMILES string of the molecule is CC(=O)Nc1c([N+](=O)[O-])ccc(C)c1[N+](=O)[O-]. The van der Waals surface area contributed by atoms with E-state index in [0.29, 0.717) is 0 Å². The zero-order valence-corrected chi connectivity index (χ0v) is 9.09. The standard InChI is InChI=1S/C9H9N3O5/c1-5-3-4-7(11(14)15)8(10-6(2)13)9(5)12(16)17/h3-4H,1-2H3,(H,10,13). The van der Waals surface area contributed by atoms with Crippen molar-refractivity contribution in [3.05, 3.63) is 37.9 Å². The summed E-state index contributed by atoms with van der Waals surface area (Å²) in [5.41, 5.74) is -1.11. The monoisotopic (exact) mass is 239 g/mol. The smallest absolute Gasteiger partial charge is 0.302 e. The van der Waals surface area contributed by atoms with Crippen molar-refractivity contribution in [1.82, 2.24) is 0 Å². The van der Waals surface area contributed by atoms with Crippen LogP contribution >= 0.6 is 0 Å². The molecular formula is C9H9N3O5. The predicted molar refractivity (Wildman–Crippen MR) is 58.8 cm³/mol. The minimum absolute atomic E-state index is 0.240. The molecule has 0 aliphatic carbocycles. The molecule has 0 unspecified atom stereocenters. The van der Waals surface area contributed by atoms with Crippen molar-refractivity contribution in [2.45, 2.75) is 13.8 Å². The van der Waals surface area contributed by atoms with Crippen LogP contribution in [-0.4, -0.2) is 15.8 Å². The first-order valence-corrected chi connectivity index (χ1v) is 4.54. The third kappa shape index (κ3) is 2.54. The molecule has 17 heavy (non-hydrogen) atoms. The van der Waals surface area contributed by atoms with Crippen LogP contribution in [0, 0.1) is 27.2 Å². The number of carbonyl (C=O) groups is 1. The van der Waals surface area contributed by atoms with Gasteiger partial charge in [-0.15, -0.1) is 0 Å². The van der Waals surface area contributed by atoms with Crippen molar-refractivity contribution in [2.24, 2.45) is 0 Å². The highest BCUT2D eigenvalue weighted by molar-refractivity contribution is 5.95. The Morgan fingerprint density at radius 1 is 1.24 bits per heavy atom. The average Bonchev–Trinajstić information content (AvgIpc) is 2.15. The van der Waals surface area contributed by atoms with Gasteiger partial charge in [-0.2, -0.15) is 0 Å². The molecule has 0 radical (unpaired) electrons. The zero-order valence-electron chi connectivity index (χ0n) is 9.09. The van der Waals surface area contributed by atoms with Crippen LogP contribution in [0.1, 0.15) is 12.5 Å². The van der Waals surface area contributed by atoms with Crippen LogP contribution in [0.3, 0.4) is 0 Å². The molecule has 0 atom stereocenters. The molecule has 0 fully saturated rings. The molecule has 0 heterocycles. The number of anilines is 1. The van der Waals surface area contributed by atoms with Gasteiger partial charge in [0.05, 0.1) is 9.85 Å². The van der Waals surface area contributed by atoms with Gasteiger partial charge in [-0.25, -0.2) is 0 Å². The Morgan fingerprint density at radius 3 is 2.24 bits per heavy atom. The Kier molecular flexibility index (Phi) is 3.37. The number of benzene rings is 1. The first-order valence-electron chi connectivity index (χ1n) is 4.54. The Hall–Kier alpha value is -2.51. The molecule has 1 aromatic carbocycles. The number of nitrogens with zero attached hydrogens (tertiary/aromatic N) is 2. The molecule has 0 aliphatic heterocycles. The summed E-state index contributed by atoms with van der Waals surface area (Å²) in [7, 11) is 0. The molecule has 0 saturated heterocycles. The maximum atomic E-state index is 10.9. The first-order chi connectivity index (χ1) is 7.84. The van der Waals surface area contributed by atoms with Gasteiger partial charge in [0.25, 0.3) is 5.69 Å². The number of nitro benzene ring substituents is 2. The molecule has 8 nitrogen and oxygen atoms in total. The Bertz CT molecular complexity index is 512. The molecule has 0 aliphatic rings. The molecule has 0 spiro atoms. The fourth-order valence-electron chi connectivity index (χ4n) is 1.37. The van der Waals surface area contributed by atoms with E-state index in [1.807, 2.05) is 0 Å². The van der Waals surface area contributed by atoms with Crippen molar-refractivity contribution in [1.29, 1.82) is 0 Å². The van der Waals surface area contributed by atoms with Crippen LogP contribution in [0.2, 0.25) is 0 Å². The summed E-state index contributed by atoms with van der Waals surface area (Å²) < 4.78 is 0. The second-order valence-corrected chi connectivity index (χ2v) is 3.32. The fraction of sp³-hybridized carbons (Fsp3) is 0.222. The topological polar surface area (TPSA) is 115 Å². The van der Waals surface area contributed by atoms with Gasteiger partial charge in [0.2, 0.25) is 5.91 Å². The van der Waals surface area contributed by atoms with Gasteiger partial charge in [-0.05, 0) is 13.0 Å². The minimum Gasteiger partial charge on any atom is -0.315 e. The largest absolute Gasteiger partial charge is 0.315 e. The second kappa shape index (κ2) is 4.56. The number of amides is 1. The third-order valence-electron chi connectivity index (χ3n) is 2.04. The van der Waals surface area contributed by atoms with Gasteiger partial charge in [0, 0.05) is 18.6 Å². The lowest BCUT2D eigenvalue weighted by Gasteiger charge is -2.06. The first kappa shape index (κ1) is 12.6. The molecule has 1 N–H and O–H groups in total. The minimum atomic E-state index is -0.780. The number of nitrogens with one attached hydrogen (secondary N) is 1. The van der Waals surface area contributed by atoms with Crippen molar-refractivity contribution < 1.29 is 14.6 Å². The number of hydrogen-bond acceptors (Lipinski definition) is 5. The van der Waals surface area contributed by atoms with Crippen LogP contribution in [0.5, 0.6) is 0 Å². The van der Waals surface area contributed by atoms with E-state index >= 15 is 0 Å². The van der Waals surface area contributed by atoms with E-state index in [4.69, 9.17) is 0 Å². The van der Waals surface area contributed by atoms with Crippen LogP contribution in [0.4, 0.5) is 17.1 Å². The third-order valence-corrected chi connectivity index (χ3v) is 2.04. The number of rotatable bonds is 3. The Labute approximate surface area is 95.5 Å². The predicted octanol–water partition coefficient (Wildman–Crippen LogP) is 1.77. The summed E-state index contributed by atoms with van der Waals surface area (Å²) in [4.78, 5) is 30.9. The molecule has 0 saturated carbocycles. The molecule has 1 amide bonds. The number of hydrogen-bond donors (Lipinski definition) is 1. The van der Waals surface area contributed by atoms with Crippen LogP contribution in [-0.2, 0) is 4.79 Å². The Morgan fingerprint density at radius 2 is 1.82 bits per heavy atom. The quantitative estimate of drug-likeness (QED) is 0.637. The van der Waals surface area contributed by atoms with Gasteiger partial charge in [0.1, 0.15) is 0 Å². The van der Waals surface area contributed by atoms with Gasteiger partial charge in [0.15, 0.2) is 5.69 Å². The summed E-state index contributed by atoms with van der Waals surface area (Å²) in [5.74, 6) is -0.609. The van der Waals surface area contributed by atoms with Gasteiger partial charge < -0.3 is 5.32 Å². The molecule has 8 heteroatoms. The van der Waals surface area contributed by atoms with E-state index in [1.54, 1.807) is 0 Å². The van der Waals surface area contributed by atoms with Crippen molar-refractivity contribution in [2.75, 3.05) is 5.32 Å². The molecular weight excluding hydrogens is 230 g/mol. The lowest BCUT2D eigenvalue weighted by atomic mass is 10.1. The normalized spacial score (nSPS) is 9.76. The second-order valence-electron chi connectivity index (χ2n) is 3.32. The molecule has 0 aromatic heterocycles. The highest BCUT2D eigenvalue weighted by Gasteiger charge is 2.27. The number of nitro groups is 2. The van der Waals surface area contributed by atoms with Crippen LogP contribution in [0.25, 0.3) is 0 Å². The summed E-state index contributed by atoms with van der Waals surface area (Å²) in [6.45, 7) is 2.56. The Balaban J connectivity index is 3.55. The van der Waals surface area contributed by atoms with Crippen molar-refractivity contribution in [3.63, 3.8) is 0 Å². The molecule has 0 bridgehead atoms. The van der Waals surface area contributed by atoms with E-state index in [-0.39, 0.29) is 11.3 Å². The highest BCUT2D eigenvalue weighted by Crippen LogP contribution is 2.36. The number of aryl methyl sites for hydroxylation is 1. The highest BCUT2D eigenvalue weighted by atomic mass is 16.6. The maximum absolute atomic E-state index is 10.9.